The quantitative estimate of drug-likeness (QED) is 0.316. The van der Waals surface area contributed by atoms with Crippen LogP contribution in [0.5, 0.6) is 0 Å². The summed E-state index contributed by atoms with van der Waals surface area (Å²) in [5, 5.41) is 5.05. The largest absolute Gasteiger partial charge is 0.355 e. The molecule has 1 amide bonds. The van der Waals surface area contributed by atoms with Crippen LogP contribution in [0.25, 0.3) is 10.9 Å². The van der Waals surface area contributed by atoms with Crippen molar-refractivity contribution in [3.05, 3.63) is 81.1 Å². The minimum Gasteiger partial charge on any atom is -0.355 e. The van der Waals surface area contributed by atoms with Gasteiger partial charge in [-0.05, 0) is 36.2 Å². The minimum absolute atomic E-state index is 0.143. The maximum absolute atomic E-state index is 12.7. The van der Waals surface area contributed by atoms with Gasteiger partial charge in [-0.1, -0.05) is 59.2 Å². The molecule has 8 heteroatoms. The van der Waals surface area contributed by atoms with Crippen LogP contribution in [-0.2, 0) is 17.8 Å². The van der Waals surface area contributed by atoms with E-state index < -0.39 is 0 Å². The third-order valence-corrected chi connectivity index (χ3v) is 5.77. The first-order valence-electron chi connectivity index (χ1n) is 8.93. The third-order valence-electron chi connectivity index (χ3n) is 4.20. The second-order valence-corrected chi connectivity index (χ2v) is 8.03. The first-order chi connectivity index (χ1) is 14.0. The standard InChI is InChI=1S/C21H19Cl2N3O2S/c1-2-11-26-20(28)16-5-3-4-6-18(16)25-21(26)29-13-19(27)24-10-9-14-7-8-15(22)12-17(14)23/h2-8,12H,1,9-11,13H2,(H,24,27). The average molecular weight is 448 g/mol. The second kappa shape index (κ2) is 9.96. The molecule has 1 N–H and O–H groups in total. The molecule has 0 aliphatic carbocycles. The van der Waals surface area contributed by atoms with Crippen LogP contribution in [0.3, 0.4) is 0 Å². The monoisotopic (exact) mass is 447 g/mol. The molecule has 1 heterocycles. The van der Waals surface area contributed by atoms with Gasteiger partial charge in [-0.2, -0.15) is 0 Å². The first-order valence-corrected chi connectivity index (χ1v) is 10.7. The number of aromatic nitrogens is 2. The fraction of sp³-hybridized carbons (Fsp3) is 0.190. The number of para-hydroxylation sites is 1. The highest BCUT2D eigenvalue weighted by molar-refractivity contribution is 7.99. The van der Waals surface area contributed by atoms with Crippen LogP contribution in [0.1, 0.15) is 5.56 Å². The molecule has 2 aromatic carbocycles. The zero-order valence-electron chi connectivity index (χ0n) is 15.5. The van der Waals surface area contributed by atoms with Gasteiger partial charge in [0, 0.05) is 23.1 Å². The zero-order valence-corrected chi connectivity index (χ0v) is 17.9. The number of hydrogen-bond acceptors (Lipinski definition) is 4. The van der Waals surface area contributed by atoms with Crippen molar-refractivity contribution in [3.8, 4) is 0 Å². The maximum Gasteiger partial charge on any atom is 0.262 e. The maximum atomic E-state index is 12.7. The Kier molecular flexibility index (Phi) is 7.36. The van der Waals surface area contributed by atoms with E-state index in [0.717, 1.165) is 5.56 Å². The van der Waals surface area contributed by atoms with Crippen molar-refractivity contribution in [2.75, 3.05) is 12.3 Å². The Labute approximate surface area is 182 Å². The van der Waals surface area contributed by atoms with Gasteiger partial charge >= 0.3 is 0 Å². The summed E-state index contributed by atoms with van der Waals surface area (Å²) in [4.78, 5) is 29.5. The van der Waals surface area contributed by atoms with Gasteiger partial charge in [0.2, 0.25) is 5.91 Å². The van der Waals surface area contributed by atoms with Crippen molar-refractivity contribution < 1.29 is 4.79 Å². The molecule has 0 radical (unpaired) electrons. The van der Waals surface area contributed by atoms with Crippen LogP contribution in [0.4, 0.5) is 0 Å². The van der Waals surface area contributed by atoms with Crippen LogP contribution in [0.15, 0.2) is 65.1 Å². The summed E-state index contributed by atoms with van der Waals surface area (Å²) in [6.45, 7) is 4.48. The molecular weight excluding hydrogens is 429 g/mol. The smallest absolute Gasteiger partial charge is 0.262 e. The molecule has 0 saturated heterocycles. The second-order valence-electron chi connectivity index (χ2n) is 6.24. The van der Waals surface area contributed by atoms with Gasteiger partial charge in [-0.15, -0.1) is 6.58 Å². The molecule has 0 bridgehead atoms. The van der Waals surface area contributed by atoms with Crippen LogP contribution >= 0.6 is 35.0 Å². The third kappa shape index (κ3) is 5.41. The number of halogens is 2. The van der Waals surface area contributed by atoms with Gasteiger partial charge in [0.05, 0.1) is 16.7 Å². The number of fused-ring (bicyclic) bond motifs is 1. The fourth-order valence-electron chi connectivity index (χ4n) is 2.79. The summed E-state index contributed by atoms with van der Waals surface area (Å²) < 4.78 is 1.53. The van der Waals surface area contributed by atoms with Crippen LogP contribution < -0.4 is 10.9 Å². The lowest BCUT2D eigenvalue weighted by atomic mass is 10.1. The molecule has 0 unspecified atom stereocenters. The molecule has 0 aliphatic heterocycles. The highest BCUT2D eigenvalue weighted by Crippen LogP contribution is 2.21. The predicted octanol–water partition coefficient (Wildman–Crippen LogP) is 4.34. The number of rotatable bonds is 8. The lowest BCUT2D eigenvalue weighted by Gasteiger charge is -2.11. The number of carbonyl (C=O) groups excluding carboxylic acids is 1. The topological polar surface area (TPSA) is 64.0 Å². The molecule has 0 atom stereocenters. The van der Waals surface area contributed by atoms with Crippen molar-refractivity contribution in [1.82, 2.24) is 14.9 Å². The van der Waals surface area contributed by atoms with E-state index in [0.29, 0.717) is 45.6 Å². The molecule has 3 rings (SSSR count). The van der Waals surface area contributed by atoms with Gasteiger partial charge in [-0.25, -0.2) is 4.98 Å². The number of hydrogen-bond donors (Lipinski definition) is 1. The van der Waals surface area contributed by atoms with Crippen molar-refractivity contribution in [2.45, 2.75) is 18.1 Å². The van der Waals surface area contributed by atoms with Crippen LogP contribution in [0, 0.1) is 0 Å². The van der Waals surface area contributed by atoms with E-state index in [1.54, 1.807) is 36.4 Å². The lowest BCUT2D eigenvalue weighted by Crippen LogP contribution is -2.28. The van der Waals surface area contributed by atoms with Crippen molar-refractivity contribution in [3.63, 3.8) is 0 Å². The number of carbonyl (C=O) groups is 1. The Morgan fingerprint density at radius 3 is 2.79 bits per heavy atom. The van der Waals surface area contributed by atoms with E-state index in [4.69, 9.17) is 23.2 Å². The van der Waals surface area contributed by atoms with Gasteiger partial charge in [0.25, 0.3) is 5.56 Å². The molecule has 1 aromatic heterocycles. The molecule has 0 fully saturated rings. The van der Waals surface area contributed by atoms with Crippen molar-refractivity contribution in [2.24, 2.45) is 0 Å². The van der Waals surface area contributed by atoms with E-state index in [2.05, 4.69) is 16.9 Å². The average Bonchev–Trinajstić information content (AvgIpc) is 2.70. The highest BCUT2D eigenvalue weighted by atomic mass is 35.5. The molecule has 0 saturated carbocycles. The summed E-state index contributed by atoms with van der Waals surface area (Å²) in [7, 11) is 0. The van der Waals surface area contributed by atoms with E-state index in [1.807, 2.05) is 12.1 Å². The van der Waals surface area contributed by atoms with Gasteiger partial charge in [0.1, 0.15) is 0 Å². The van der Waals surface area contributed by atoms with Crippen molar-refractivity contribution >= 4 is 51.8 Å². The fourth-order valence-corrected chi connectivity index (χ4v) is 4.13. The number of amides is 1. The normalized spacial score (nSPS) is 10.8. The Morgan fingerprint density at radius 1 is 1.24 bits per heavy atom. The van der Waals surface area contributed by atoms with E-state index >= 15 is 0 Å². The van der Waals surface area contributed by atoms with E-state index in [1.165, 1.54) is 16.3 Å². The molecule has 3 aromatic rings. The summed E-state index contributed by atoms with van der Waals surface area (Å²) >= 11 is 13.3. The highest BCUT2D eigenvalue weighted by Gasteiger charge is 2.12. The molecule has 150 valence electrons. The Bertz CT molecular complexity index is 1110. The molecule has 0 aliphatic rings. The summed E-state index contributed by atoms with van der Waals surface area (Å²) in [5.74, 6) is 0.00338. The Morgan fingerprint density at radius 2 is 2.03 bits per heavy atom. The first kappa shape index (κ1) is 21.4. The van der Waals surface area contributed by atoms with Crippen molar-refractivity contribution in [1.29, 1.82) is 0 Å². The van der Waals surface area contributed by atoms with Crippen LogP contribution in [-0.4, -0.2) is 27.8 Å². The van der Waals surface area contributed by atoms with E-state index in [9.17, 15) is 9.59 Å². The summed E-state index contributed by atoms with van der Waals surface area (Å²) in [6, 6.07) is 12.5. The summed E-state index contributed by atoms with van der Waals surface area (Å²) in [6.07, 6.45) is 2.24. The number of allylic oxidation sites excluding steroid dienone is 1. The zero-order chi connectivity index (χ0) is 20.8. The minimum atomic E-state index is -0.146. The molecule has 29 heavy (non-hydrogen) atoms. The molecule has 0 spiro atoms. The lowest BCUT2D eigenvalue weighted by molar-refractivity contribution is -0.118. The van der Waals surface area contributed by atoms with E-state index in [-0.39, 0.29) is 17.2 Å². The number of nitrogens with one attached hydrogen (secondary N) is 1. The number of nitrogens with zero attached hydrogens (tertiary/aromatic N) is 2. The molecule has 5 nitrogen and oxygen atoms in total. The summed E-state index contributed by atoms with van der Waals surface area (Å²) in [5.41, 5.74) is 1.38. The number of benzene rings is 2. The van der Waals surface area contributed by atoms with Gasteiger partial charge in [-0.3, -0.25) is 14.2 Å². The van der Waals surface area contributed by atoms with Crippen LogP contribution in [0.2, 0.25) is 10.0 Å². The number of thioether (sulfide) groups is 1. The van der Waals surface area contributed by atoms with Gasteiger partial charge in [0.15, 0.2) is 5.16 Å². The Hall–Kier alpha value is -2.28. The SMILES string of the molecule is C=CCn1c(SCC(=O)NCCc2ccc(Cl)cc2Cl)nc2ccccc2c1=O. The molecular formula is C21H19Cl2N3O2S. The van der Waals surface area contributed by atoms with Gasteiger partial charge < -0.3 is 5.32 Å². The Balaban J connectivity index is 1.63. The predicted molar refractivity (Wildman–Crippen MR) is 120 cm³/mol.